The highest BCUT2D eigenvalue weighted by Gasteiger charge is 2.17. The van der Waals surface area contributed by atoms with Crippen molar-refractivity contribution in [3.63, 3.8) is 0 Å². The zero-order chi connectivity index (χ0) is 17.0. The van der Waals surface area contributed by atoms with E-state index >= 15 is 0 Å². The van der Waals surface area contributed by atoms with Gasteiger partial charge < -0.3 is 9.88 Å². The van der Waals surface area contributed by atoms with E-state index in [0.717, 1.165) is 4.88 Å². The number of aryl methyl sites for hydroxylation is 1. The monoisotopic (exact) mass is 335 g/mol. The molecule has 0 spiro atoms. The number of nitrogens with one attached hydrogen (secondary N) is 1. The van der Waals surface area contributed by atoms with Crippen LogP contribution in [0.1, 0.15) is 35.1 Å². The van der Waals surface area contributed by atoms with Gasteiger partial charge in [0.25, 0.3) is 5.91 Å². The van der Waals surface area contributed by atoms with Crippen molar-refractivity contribution in [3.8, 4) is 0 Å². The molecule has 0 aliphatic carbocycles. The molecule has 1 N–H and O–H groups in total. The third kappa shape index (κ3) is 3.92. The van der Waals surface area contributed by atoms with Crippen molar-refractivity contribution in [2.24, 2.45) is 4.99 Å². The quantitative estimate of drug-likeness (QED) is 0.933. The van der Waals surface area contributed by atoms with Gasteiger partial charge >= 0.3 is 0 Å². The Morgan fingerprint density at radius 2 is 2.09 bits per heavy atom. The van der Waals surface area contributed by atoms with Crippen LogP contribution in [0.4, 0.5) is 4.39 Å². The van der Waals surface area contributed by atoms with Crippen LogP contribution in [0.15, 0.2) is 35.5 Å². The van der Waals surface area contributed by atoms with Crippen LogP contribution in [0.25, 0.3) is 0 Å². The minimum atomic E-state index is -0.665. The van der Waals surface area contributed by atoms with Crippen molar-refractivity contribution in [1.82, 2.24) is 9.88 Å². The average Bonchev–Trinajstić information content (AvgIpc) is 2.87. The molecule has 0 aliphatic heterocycles. The maximum atomic E-state index is 13.7. The van der Waals surface area contributed by atoms with E-state index in [4.69, 9.17) is 0 Å². The number of thiazole rings is 1. The average molecular weight is 335 g/mol. The number of benzene rings is 1. The van der Waals surface area contributed by atoms with Crippen molar-refractivity contribution in [2.45, 2.75) is 26.8 Å². The highest BCUT2D eigenvalue weighted by atomic mass is 32.1. The first kappa shape index (κ1) is 17.1. The van der Waals surface area contributed by atoms with Crippen LogP contribution in [0.3, 0.4) is 0 Å². The molecule has 122 valence electrons. The SMILES string of the molecule is CCNC(=O)C(C)n1cc(C)sc1=NC(=O)c1ccccc1F. The largest absolute Gasteiger partial charge is 0.355 e. The second-order valence-corrected chi connectivity index (χ2v) is 6.21. The van der Waals surface area contributed by atoms with Gasteiger partial charge in [0, 0.05) is 17.6 Å². The summed E-state index contributed by atoms with van der Waals surface area (Å²) in [6.45, 7) is 5.94. The Bertz CT molecular complexity index is 795. The van der Waals surface area contributed by atoms with Crippen molar-refractivity contribution < 1.29 is 14.0 Å². The van der Waals surface area contributed by atoms with Gasteiger partial charge in [0.05, 0.1) is 5.56 Å². The van der Waals surface area contributed by atoms with E-state index in [0.29, 0.717) is 11.3 Å². The van der Waals surface area contributed by atoms with Gasteiger partial charge in [-0.2, -0.15) is 4.99 Å². The summed E-state index contributed by atoms with van der Waals surface area (Å²) in [6, 6.07) is 5.19. The molecule has 1 atom stereocenters. The molecule has 5 nitrogen and oxygen atoms in total. The fourth-order valence-corrected chi connectivity index (χ4v) is 2.96. The Morgan fingerprint density at radius 3 is 2.74 bits per heavy atom. The van der Waals surface area contributed by atoms with Gasteiger partial charge in [-0.25, -0.2) is 4.39 Å². The van der Waals surface area contributed by atoms with E-state index in [1.165, 1.54) is 29.5 Å². The fourth-order valence-electron chi connectivity index (χ4n) is 2.06. The maximum Gasteiger partial charge on any atom is 0.282 e. The first-order valence-electron chi connectivity index (χ1n) is 7.24. The van der Waals surface area contributed by atoms with E-state index in [2.05, 4.69) is 10.3 Å². The fraction of sp³-hybridized carbons (Fsp3) is 0.312. The number of halogens is 1. The second-order valence-electron chi connectivity index (χ2n) is 5.00. The number of aromatic nitrogens is 1. The Kier molecular flexibility index (Phi) is 5.44. The summed E-state index contributed by atoms with van der Waals surface area (Å²) in [6.07, 6.45) is 1.76. The van der Waals surface area contributed by atoms with Crippen LogP contribution in [-0.2, 0) is 4.79 Å². The van der Waals surface area contributed by atoms with Crippen LogP contribution in [-0.4, -0.2) is 22.9 Å². The van der Waals surface area contributed by atoms with E-state index in [-0.39, 0.29) is 11.5 Å². The molecule has 2 amide bonds. The molecule has 2 rings (SSSR count). The highest BCUT2D eigenvalue weighted by molar-refractivity contribution is 7.09. The Morgan fingerprint density at radius 1 is 1.39 bits per heavy atom. The number of carbonyl (C=O) groups excluding carboxylic acids is 2. The second kappa shape index (κ2) is 7.32. The molecule has 0 fully saturated rings. The van der Waals surface area contributed by atoms with Crippen LogP contribution in [0.2, 0.25) is 0 Å². The van der Waals surface area contributed by atoms with Gasteiger partial charge in [-0.1, -0.05) is 12.1 Å². The number of hydrogen-bond donors (Lipinski definition) is 1. The summed E-state index contributed by atoms with van der Waals surface area (Å²) in [5, 5.41) is 2.73. The van der Waals surface area contributed by atoms with Crippen LogP contribution in [0, 0.1) is 12.7 Å². The number of carbonyl (C=O) groups is 2. The summed E-state index contributed by atoms with van der Waals surface area (Å²) >= 11 is 1.28. The summed E-state index contributed by atoms with van der Waals surface area (Å²) < 4.78 is 15.3. The molecular weight excluding hydrogens is 317 g/mol. The van der Waals surface area contributed by atoms with Gasteiger partial charge in [-0.15, -0.1) is 11.3 Å². The predicted molar refractivity (Wildman–Crippen MR) is 86.7 cm³/mol. The van der Waals surface area contributed by atoms with Gasteiger partial charge in [0.15, 0.2) is 4.80 Å². The van der Waals surface area contributed by atoms with Crippen molar-refractivity contribution in [3.05, 3.63) is 51.5 Å². The standard InChI is InChI=1S/C16H18FN3O2S/c1-4-18-14(21)11(3)20-9-10(2)23-16(20)19-15(22)12-7-5-6-8-13(12)17/h5-9,11H,4H2,1-3H3,(H,18,21). The molecule has 0 radical (unpaired) electrons. The van der Waals surface area contributed by atoms with Gasteiger partial charge in [0.1, 0.15) is 11.9 Å². The normalized spacial score (nSPS) is 13.0. The lowest BCUT2D eigenvalue weighted by Gasteiger charge is -2.12. The molecule has 1 aromatic carbocycles. The predicted octanol–water partition coefficient (Wildman–Crippen LogP) is 2.44. The summed E-state index contributed by atoms with van der Waals surface area (Å²) in [5.41, 5.74) is -0.0873. The zero-order valence-corrected chi connectivity index (χ0v) is 14.0. The van der Waals surface area contributed by atoms with Crippen molar-refractivity contribution in [2.75, 3.05) is 6.54 Å². The third-order valence-corrected chi connectivity index (χ3v) is 4.16. The lowest BCUT2D eigenvalue weighted by atomic mass is 10.2. The summed E-state index contributed by atoms with van der Waals surface area (Å²) in [5.74, 6) is -1.44. The zero-order valence-electron chi connectivity index (χ0n) is 13.2. The Labute approximate surface area is 137 Å². The number of hydrogen-bond acceptors (Lipinski definition) is 3. The first-order valence-corrected chi connectivity index (χ1v) is 8.05. The smallest absolute Gasteiger partial charge is 0.282 e. The topological polar surface area (TPSA) is 63.5 Å². The van der Waals surface area contributed by atoms with E-state index in [1.807, 2.05) is 13.8 Å². The van der Waals surface area contributed by atoms with Crippen molar-refractivity contribution >= 4 is 23.2 Å². The number of amides is 2. The van der Waals surface area contributed by atoms with E-state index in [9.17, 15) is 14.0 Å². The third-order valence-electron chi connectivity index (χ3n) is 3.24. The van der Waals surface area contributed by atoms with Crippen molar-refractivity contribution in [1.29, 1.82) is 0 Å². The molecule has 23 heavy (non-hydrogen) atoms. The molecule has 0 saturated carbocycles. The number of likely N-dealkylation sites (N-methyl/N-ethyl adjacent to an activating group) is 1. The lowest BCUT2D eigenvalue weighted by Crippen LogP contribution is -2.34. The van der Waals surface area contributed by atoms with Crippen LogP contribution in [0.5, 0.6) is 0 Å². The van der Waals surface area contributed by atoms with E-state index in [1.54, 1.807) is 23.8 Å². The molecule has 7 heteroatoms. The molecule has 0 aliphatic rings. The summed E-state index contributed by atoms with van der Waals surface area (Å²) in [7, 11) is 0. The minimum Gasteiger partial charge on any atom is -0.355 e. The molecule has 1 heterocycles. The molecule has 0 saturated heterocycles. The van der Waals surface area contributed by atoms with E-state index < -0.39 is 17.8 Å². The van der Waals surface area contributed by atoms with Gasteiger partial charge in [0.2, 0.25) is 5.91 Å². The molecule has 1 aromatic heterocycles. The minimum absolute atomic E-state index is 0.0873. The Balaban J connectivity index is 2.42. The maximum absolute atomic E-state index is 13.7. The molecule has 1 unspecified atom stereocenters. The van der Waals surface area contributed by atoms with Crippen LogP contribution < -0.4 is 10.1 Å². The Hall–Kier alpha value is -2.28. The number of nitrogens with zero attached hydrogens (tertiary/aromatic N) is 2. The number of rotatable bonds is 4. The molecular formula is C16H18FN3O2S. The van der Waals surface area contributed by atoms with Gasteiger partial charge in [-0.3, -0.25) is 9.59 Å². The summed E-state index contributed by atoms with van der Waals surface area (Å²) in [4.78, 5) is 29.5. The lowest BCUT2D eigenvalue weighted by molar-refractivity contribution is -0.123. The molecule has 0 bridgehead atoms. The van der Waals surface area contributed by atoms with Crippen LogP contribution >= 0.6 is 11.3 Å². The van der Waals surface area contributed by atoms with Gasteiger partial charge in [-0.05, 0) is 32.9 Å². The molecule has 2 aromatic rings. The first-order chi connectivity index (χ1) is 10.9. The highest BCUT2D eigenvalue weighted by Crippen LogP contribution is 2.11.